The first-order valence-corrected chi connectivity index (χ1v) is 8.57. The molecule has 0 radical (unpaired) electrons. The molecule has 1 aliphatic carbocycles. The van der Waals surface area contributed by atoms with Gasteiger partial charge in [0.15, 0.2) is 0 Å². The topological polar surface area (TPSA) is 43.1 Å². The zero-order valence-corrected chi connectivity index (χ0v) is 14.4. The van der Waals surface area contributed by atoms with Gasteiger partial charge in [-0.05, 0) is 67.1 Å². The second-order valence-electron chi connectivity index (χ2n) is 6.57. The predicted molar refractivity (Wildman–Crippen MR) is 101 cm³/mol. The number of carbonyl (C=O) groups excluding carboxylic acids is 1. The van der Waals surface area contributed by atoms with E-state index in [2.05, 4.69) is 24.7 Å². The molecule has 0 spiro atoms. The van der Waals surface area contributed by atoms with Gasteiger partial charge < -0.3 is 5.73 Å². The van der Waals surface area contributed by atoms with Crippen LogP contribution >= 0.6 is 0 Å². The van der Waals surface area contributed by atoms with Crippen molar-refractivity contribution < 1.29 is 4.79 Å². The Hall–Kier alpha value is -2.97. The molecule has 2 nitrogen and oxygen atoms in total. The van der Waals surface area contributed by atoms with Crippen molar-refractivity contribution in [2.75, 3.05) is 0 Å². The molecule has 3 rings (SSSR count). The molecule has 1 fully saturated rings. The zero-order chi connectivity index (χ0) is 17.8. The standard InChI is InChI=1S/C23H21NO/c1-3-17-6-4-7-18(14-17)11-13-19-8-5-9-21(19)22-15-20(23(24)25)12-10-16(22)2/h1,4,6-7,10,12,14-15,19,21H,5,8-9H2,2H3,(H2,24,25). The number of hydrogen-bond acceptors (Lipinski definition) is 1. The molecule has 2 aromatic rings. The van der Waals surface area contributed by atoms with Gasteiger partial charge in [0, 0.05) is 22.6 Å². The molecule has 2 atom stereocenters. The number of rotatable bonds is 2. The van der Waals surface area contributed by atoms with Crippen molar-refractivity contribution in [3.05, 3.63) is 70.3 Å². The second kappa shape index (κ2) is 7.29. The number of nitrogens with two attached hydrogens (primary N) is 1. The van der Waals surface area contributed by atoms with E-state index in [4.69, 9.17) is 12.2 Å². The first kappa shape index (κ1) is 16.9. The highest BCUT2D eigenvalue weighted by Gasteiger charge is 2.28. The molecule has 2 unspecified atom stereocenters. The number of hydrogen-bond donors (Lipinski definition) is 1. The Balaban J connectivity index is 1.89. The molecule has 2 heteroatoms. The third-order valence-electron chi connectivity index (χ3n) is 4.91. The number of terminal acetylenes is 1. The number of aryl methyl sites for hydroxylation is 1. The van der Waals surface area contributed by atoms with Crippen LogP contribution in [0, 0.1) is 37.0 Å². The summed E-state index contributed by atoms with van der Waals surface area (Å²) in [5.41, 5.74) is 10.2. The van der Waals surface area contributed by atoms with Crippen LogP contribution in [0.5, 0.6) is 0 Å². The molecule has 2 N–H and O–H groups in total. The van der Waals surface area contributed by atoms with Crippen molar-refractivity contribution in [3.63, 3.8) is 0 Å². The highest BCUT2D eigenvalue weighted by molar-refractivity contribution is 5.93. The van der Waals surface area contributed by atoms with Crippen molar-refractivity contribution in [1.29, 1.82) is 0 Å². The van der Waals surface area contributed by atoms with E-state index in [0.717, 1.165) is 30.4 Å². The van der Waals surface area contributed by atoms with Crippen LogP contribution in [0.3, 0.4) is 0 Å². The Kier molecular flexibility index (Phi) is 4.92. The third kappa shape index (κ3) is 3.76. The van der Waals surface area contributed by atoms with Gasteiger partial charge in [0.1, 0.15) is 0 Å². The van der Waals surface area contributed by atoms with Crippen LogP contribution in [-0.4, -0.2) is 5.91 Å². The normalized spacial score (nSPS) is 18.9. The first-order valence-electron chi connectivity index (χ1n) is 8.57. The average Bonchev–Trinajstić information content (AvgIpc) is 3.08. The summed E-state index contributed by atoms with van der Waals surface area (Å²) in [4.78, 5) is 11.5. The van der Waals surface area contributed by atoms with E-state index in [1.54, 1.807) is 6.07 Å². The summed E-state index contributed by atoms with van der Waals surface area (Å²) in [6.07, 6.45) is 8.77. The average molecular weight is 327 g/mol. The molecule has 1 aliphatic rings. The fraction of sp³-hybridized carbons (Fsp3) is 0.261. The minimum atomic E-state index is -0.381. The van der Waals surface area contributed by atoms with Crippen molar-refractivity contribution >= 4 is 5.91 Å². The molecule has 0 aromatic heterocycles. The van der Waals surface area contributed by atoms with Crippen LogP contribution in [0.4, 0.5) is 0 Å². The number of primary amides is 1. The predicted octanol–water partition coefficient (Wildman–Crippen LogP) is 4.01. The Morgan fingerprint density at radius 1 is 1.16 bits per heavy atom. The quantitative estimate of drug-likeness (QED) is 0.832. The van der Waals surface area contributed by atoms with Crippen molar-refractivity contribution in [3.8, 4) is 24.2 Å². The van der Waals surface area contributed by atoms with Crippen molar-refractivity contribution in [2.45, 2.75) is 32.1 Å². The molecule has 25 heavy (non-hydrogen) atoms. The summed E-state index contributed by atoms with van der Waals surface area (Å²) in [6, 6.07) is 13.5. The van der Waals surface area contributed by atoms with E-state index in [-0.39, 0.29) is 11.8 Å². The first-order chi connectivity index (χ1) is 12.1. The number of benzene rings is 2. The minimum absolute atomic E-state index is 0.288. The molecule has 0 heterocycles. The SMILES string of the molecule is C#Cc1cccc(C#CC2CCCC2c2cc(C(N)=O)ccc2C)c1. The van der Waals surface area contributed by atoms with E-state index in [9.17, 15) is 4.79 Å². The molecule has 0 aliphatic heterocycles. The van der Waals surface area contributed by atoms with E-state index >= 15 is 0 Å². The summed E-state index contributed by atoms with van der Waals surface area (Å²) >= 11 is 0. The van der Waals surface area contributed by atoms with Gasteiger partial charge in [0.05, 0.1) is 0 Å². The van der Waals surface area contributed by atoms with Gasteiger partial charge in [-0.15, -0.1) is 6.42 Å². The Morgan fingerprint density at radius 2 is 1.96 bits per heavy atom. The maximum Gasteiger partial charge on any atom is 0.248 e. The van der Waals surface area contributed by atoms with Gasteiger partial charge >= 0.3 is 0 Å². The zero-order valence-electron chi connectivity index (χ0n) is 14.4. The van der Waals surface area contributed by atoms with Gasteiger partial charge in [0.25, 0.3) is 0 Å². The van der Waals surface area contributed by atoms with Gasteiger partial charge in [-0.2, -0.15) is 0 Å². The van der Waals surface area contributed by atoms with E-state index in [0.29, 0.717) is 11.5 Å². The van der Waals surface area contributed by atoms with Crippen LogP contribution in [0.15, 0.2) is 42.5 Å². The third-order valence-corrected chi connectivity index (χ3v) is 4.91. The summed E-state index contributed by atoms with van der Waals surface area (Å²) in [5.74, 6) is 9.62. The summed E-state index contributed by atoms with van der Waals surface area (Å²) in [5, 5.41) is 0. The minimum Gasteiger partial charge on any atom is -0.366 e. The van der Waals surface area contributed by atoms with Crippen LogP contribution < -0.4 is 5.73 Å². The lowest BCUT2D eigenvalue weighted by molar-refractivity contribution is 0.1000. The molecule has 1 saturated carbocycles. The molecular weight excluding hydrogens is 306 g/mol. The smallest absolute Gasteiger partial charge is 0.248 e. The molecule has 0 saturated heterocycles. The molecule has 124 valence electrons. The molecular formula is C23H21NO. The maximum atomic E-state index is 11.5. The van der Waals surface area contributed by atoms with Gasteiger partial charge in [-0.3, -0.25) is 4.79 Å². The van der Waals surface area contributed by atoms with Crippen LogP contribution in [-0.2, 0) is 0 Å². The largest absolute Gasteiger partial charge is 0.366 e. The fourth-order valence-electron chi connectivity index (χ4n) is 3.56. The summed E-state index contributed by atoms with van der Waals surface area (Å²) in [6.45, 7) is 2.08. The Bertz CT molecular complexity index is 908. The molecule has 1 amide bonds. The van der Waals surface area contributed by atoms with Crippen molar-refractivity contribution in [2.24, 2.45) is 11.7 Å². The van der Waals surface area contributed by atoms with Crippen LogP contribution in [0.2, 0.25) is 0 Å². The Morgan fingerprint density at radius 3 is 2.72 bits per heavy atom. The number of amides is 1. The lowest BCUT2D eigenvalue weighted by atomic mass is 9.85. The van der Waals surface area contributed by atoms with Gasteiger partial charge in [-0.25, -0.2) is 0 Å². The highest BCUT2D eigenvalue weighted by Crippen LogP contribution is 2.40. The maximum absolute atomic E-state index is 11.5. The van der Waals surface area contributed by atoms with Crippen LogP contribution in [0.1, 0.15) is 57.8 Å². The monoisotopic (exact) mass is 327 g/mol. The summed E-state index contributed by atoms with van der Waals surface area (Å²) in [7, 11) is 0. The van der Waals surface area contributed by atoms with Crippen molar-refractivity contribution in [1.82, 2.24) is 0 Å². The Labute approximate surface area is 149 Å². The second-order valence-corrected chi connectivity index (χ2v) is 6.57. The highest BCUT2D eigenvalue weighted by atomic mass is 16.1. The summed E-state index contributed by atoms with van der Waals surface area (Å²) < 4.78 is 0. The van der Waals surface area contributed by atoms with Gasteiger partial charge in [-0.1, -0.05) is 36.3 Å². The fourth-order valence-corrected chi connectivity index (χ4v) is 3.56. The lowest BCUT2D eigenvalue weighted by Crippen LogP contribution is -2.13. The lowest BCUT2D eigenvalue weighted by Gasteiger charge is -2.18. The van der Waals surface area contributed by atoms with E-state index in [1.165, 1.54) is 11.1 Å². The number of carbonyl (C=O) groups is 1. The van der Waals surface area contributed by atoms with E-state index in [1.807, 2.05) is 36.4 Å². The van der Waals surface area contributed by atoms with E-state index < -0.39 is 0 Å². The van der Waals surface area contributed by atoms with Crippen LogP contribution in [0.25, 0.3) is 0 Å². The molecule has 2 aromatic carbocycles. The molecule has 0 bridgehead atoms. The van der Waals surface area contributed by atoms with Gasteiger partial charge in [0.2, 0.25) is 5.91 Å².